The van der Waals surface area contributed by atoms with Crippen molar-refractivity contribution >= 4 is 23.0 Å². The number of rotatable bonds is 5. The minimum atomic E-state index is -4.80. The van der Waals surface area contributed by atoms with Gasteiger partial charge in [-0.2, -0.15) is 18.2 Å². The van der Waals surface area contributed by atoms with E-state index < -0.39 is 33.4 Å². The molecule has 7 nitrogen and oxygen atoms in total. The number of aromatic nitrogens is 2. The molecule has 0 bridgehead atoms. The first-order valence-corrected chi connectivity index (χ1v) is 7.13. The lowest BCUT2D eigenvalue weighted by atomic mass is 10.1. The highest BCUT2D eigenvalue weighted by molar-refractivity contribution is 6.31. The Morgan fingerprint density at radius 3 is 2.58 bits per heavy atom. The maximum absolute atomic E-state index is 12.9. The molecule has 0 amide bonds. The van der Waals surface area contributed by atoms with Crippen molar-refractivity contribution in [2.75, 3.05) is 5.32 Å². The van der Waals surface area contributed by atoms with E-state index >= 15 is 0 Å². The lowest BCUT2D eigenvalue weighted by molar-refractivity contribution is -0.384. The molecule has 130 valence electrons. The van der Waals surface area contributed by atoms with Gasteiger partial charge in [0.1, 0.15) is 5.69 Å². The molecule has 0 radical (unpaired) electrons. The number of hydrogen-bond donors (Lipinski definition) is 1. The summed E-state index contributed by atoms with van der Waals surface area (Å²) in [5.41, 5.74) is -2.18. The van der Waals surface area contributed by atoms with Crippen molar-refractivity contribution in [2.24, 2.45) is 0 Å². The van der Waals surface area contributed by atoms with Crippen LogP contribution in [0.15, 0.2) is 16.7 Å². The molecular weight excluding hydrogens is 353 g/mol. The van der Waals surface area contributed by atoms with Gasteiger partial charge in [0.15, 0.2) is 5.82 Å². The molecule has 1 atom stereocenters. The second kappa shape index (κ2) is 6.63. The van der Waals surface area contributed by atoms with Crippen molar-refractivity contribution in [1.29, 1.82) is 0 Å². The number of halogens is 4. The highest BCUT2D eigenvalue weighted by atomic mass is 35.5. The molecule has 2 aromatic rings. The van der Waals surface area contributed by atoms with E-state index in [0.717, 1.165) is 6.07 Å². The zero-order chi connectivity index (χ0) is 18.1. The van der Waals surface area contributed by atoms with E-state index in [9.17, 15) is 23.3 Å². The Bertz CT molecular complexity index is 763. The fourth-order valence-electron chi connectivity index (χ4n) is 2.04. The molecule has 1 aromatic carbocycles. The molecule has 0 aliphatic rings. The average Bonchev–Trinajstić information content (AvgIpc) is 2.89. The lowest BCUT2D eigenvalue weighted by Crippen LogP contribution is -2.14. The normalized spacial score (nSPS) is 12.9. The van der Waals surface area contributed by atoms with Crippen LogP contribution in [-0.4, -0.2) is 15.1 Å². The minimum Gasteiger partial charge on any atom is -0.369 e. The van der Waals surface area contributed by atoms with Gasteiger partial charge in [-0.05, 0) is 12.5 Å². The van der Waals surface area contributed by atoms with E-state index in [1.54, 1.807) is 13.8 Å². The molecule has 1 aromatic heterocycles. The van der Waals surface area contributed by atoms with E-state index in [2.05, 4.69) is 15.5 Å². The smallest absolute Gasteiger partial charge is 0.369 e. The number of nitro benzene ring substituents is 1. The summed E-state index contributed by atoms with van der Waals surface area (Å²) < 4.78 is 43.4. The van der Waals surface area contributed by atoms with Gasteiger partial charge in [-0.1, -0.05) is 23.7 Å². The van der Waals surface area contributed by atoms with E-state index in [-0.39, 0.29) is 11.5 Å². The van der Waals surface area contributed by atoms with Crippen LogP contribution in [-0.2, 0) is 6.18 Å². The maximum Gasteiger partial charge on any atom is 0.418 e. The molecule has 1 heterocycles. The molecule has 1 N–H and O–H groups in total. The van der Waals surface area contributed by atoms with Crippen LogP contribution in [0, 0.1) is 17.0 Å². The summed E-state index contributed by atoms with van der Waals surface area (Å²) in [5, 5.41) is 16.9. The number of nitro groups is 1. The minimum absolute atomic E-state index is 0.160. The van der Waals surface area contributed by atoms with Crippen LogP contribution in [0.2, 0.25) is 5.02 Å². The summed E-state index contributed by atoms with van der Waals surface area (Å²) >= 11 is 5.64. The Hall–Kier alpha value is -2.36. The third-order valence-corrected chi connectivity index (χ3v) is 3.49. The SMILES string of the molecule is CCC(Nc1cc(Cl)c(C(F)(F)F)cc1[N+](=O)[O-])c1noc(C)n1. The summed E-state index contributed by atoms with van der Waals surface area (Å²) in [6.45, 7) is 3.32. The van der Waals surface area contributed by atoms with Crippen molar-refractivity contribution in [3.63, 3.8) is 0 Å². The lowest BCUT2D eigenvalue weighted by Gasteiger charge is -2.16. The van der Waals surface area contributed by atoms with Gasteiger partial charge in [0, 0.05) is 13.0 Å². The summed E-state index contributed by atoms with van der Waals surface area (Å²) in [6, 6.07) is 0.686. The van der Waals surface area contributed by atoms with Crippen molar-refractivity contribution in [1.82, 2.24) is 10.1 Å². The zero-order valence-corrected chi connectivity index (χ0v) is 13.3. The molecule has 0 saturated heterocycles. The first kappa shape index (κ1) is 18.0. The number of anilines is 1. The monoisotopic (exact) mass is 364 g/mol. The Morgan fingerprint density at radius 1 is 1.46 bits per heavy atom. The number of nitrogens with one attached hydrogen (secondary N) is 1. The van der Waals surface area contributed by atoms with E-state index in [1.807, 2.05) is 0 Å². The molecule has 24 heavy (non-hydrogen) atoms. The topological polar surface area (TPSA) is 94.1 Å². The summed E-state index contributed by atoms with van der Waals surface area (Å²) in [4.78, 5) is 14.2. The Morgan fingerprint density at radius 2 is 2.12 bits per heavy atom. The van der Waals surface area contributed by atoms with Gasteiger partial charge in [0.05, 0.1) is 21.6 Å². The maximum atomic E-state index is 12.9. The van der Waals surface area contributed by atoms with Gasteiger partial charge in [-0.25, -0.2) is 0 Å². The van der Waals surface area contributed by atoms with Crippen LogP contribution in [0.3, 0.4) is 0 Å². The van der Waals surface area contributed by atoms with Crippen molar-refractivity contribution < 1.29 is 22.6 Å². The fraction of sp³-hybridized carbons (Fsp3) is 0.385. The van der Waals surface area contributed by atoms with Crippen LogP contribution < -0.4 is 5.32 Å². The van der Waals surface area contributed by atoms with Gasteiger partial charge in [-0.15, -0.1) is 0 Å². The fourth-order valence-corrected chi connectivity index (χ4v) is 2.31. The third kappa shape index (κ3) is 3.75. The van der Waals surface area contributed by atoms with Crippen molar-refractivity contribution in [3.05, 3.63) is 44.5 Å². The largest absolute Gasteiger partial charge is 0.418 e. The molecule has 1 unspecified atom stereocenters. The summed E-state index contributed by atoms with van der Waals surface area (Å²) in [6.07, 6.45) is -4.38. The number of nitrogens with zero attached hydrogens (tertiary/aromatic N) is 3. The first-order chi connectivity index (χ1) is 11.1. The molecule has 0 fully saturated rings. The van der Waals surface area contributed by atoms with Crippen LogP contribution in [0.25, 0.3) is 0 Å². The van der Waals surface area contributed by atoms with Gasteiger partial charge < -0.3 is 9.84 Å². The second-order valence-corrected chi connectivity index (χ2v) is 5.29. The van der Waals surface area contributed by atoms with Gasteiger partial charge >= 0.3 is 6.18 Å². The predicted molar refractivity (Wildman–Crippen MR) is 78.8 cm³/mol. The standard InChI is InChI=1S/C13H12ClF3N4O3/c1-3-9(12-18-6(2)24-20-12)19-10-5-8(14)7(13(15,16)17)4-11(10)21(22)23/h4-5,9,19H,3H2,1-2H3. The molecule has 0 saturated carbocycles. The molecule has 11 heteroatoms. The Labute approximate surface area is 139 Å². The zero-order valence-electron chi connectivity index (χ0n) is 12.5. The first-order valence-electron chi connectivity index (χ1n) is 6.75. The van der Waals surface area contributed by atoms with Gasteiger partial charge in [0.2, 0.25) is 5.89 Å². The second-order valence-electron chi connectivity index (χ2n) is 4.88. The van der Waals surface area contributed by atoms with E-state index in [1.165, 1.54) is 0 Å². The summed E-state index contributed by atoms with van der Waals surface area (Å²) in [7, 11) is 0. The Balaban J connectivity index is 2.45. The molecule has 0 spiro atoms. The third-order valence-electron chi connectivity index (χ3n) is 3.18. The van der Waals surface area contributed by atoms with Crippen molar-refractivity contribution in [2.45, 2.75) is 32.5 Å². The number of alkyl halides is 3. The Kier molecular flexibility index (Phi) is 4.97. The average molecular weight is 365 g/mol. The molecule has 2 rings (SSSR count). The molecule has 0 aliphatic heterocycles. The van der Waals surface area contributed by atoms with E-state index in [4.69, 9.17) is 16.1 Å². The van der Waals surface area contributed by atoms with Crippen molar-refractivity contribution in [3.8, 4) is 0 Å². The van der Waals surface area contributed by atoms with Gasteiger partial charge in [0.25, 0.3) is 5.69 Å². The number of aryl methyl sites for hydroxylation is 1. The quantitative estimate of drug-likeness (QED) is 0.619. The predicted octanol–water partition coefficient (Wildman–Crippen LogP) is 4.52. The van der Waals surface area contributed by atoms with Crippen LogP contribution >= 0.6 is 11.6 Å². The van der Waals surface area contributed by atoms with Crippen LogP contribution in [0.5, 0.6) is 0 Å². The number of benzene rings is 1. The highest BCUT2D eigenvalue weighted by Gasteiger charge is 2.36. The highest BCUT2D eigenvalue weighted by Crippen LogP contribution is 2.41. The van der Waals surface area contributed by atoms with Crippen LogP contribution in [0.1, 0.15) is 36.7 Å². The number of hydrogen-bond acceptors (Lipinski definition) is 6. The molecule has 0 aliphatic carbocycles. The van der Waals surface area contributed by atoms with E-state index in [0.29, 0.717) is 18.4 Å². The molecular formula is C13H12ClF3N4O3. The van der Waals surface area contributed by atoms with Crippen LogP contribution in [0.4, 0.5) is 24.5 Å². The summed E-state index contributed by atoms with van der Waals surface area (Å²) in [5.74, 6) is 0.533. The van der Waals surface area contributed by atoms with Gasteiger partial charge in [-0.3, -0.25) is 10.1 Å².